The number of aliphatic hydroxyl groups is 1. The first-order chi connectivity index (χ1) is 9.72. The minimum atomic E-state index is -0.631. The minimum Gasteiger partial charge on any atom is -0.497 e. The molecule has 0 radical (unpaired) electrons. The normalized spacial score (nSPS) is 11.4. The van der Waals surface area contributed by atoms with Crippen molar-refractivity contribution < 1.29 is 9.84 Å². The van der Waals surface area contributed by atoms with Crippen LogP contribution in [0.25, 0.3) is 0 Å². The summed E-state index contributed by atoms with van der Waals surface area (Å²) >= 11 is 0. The summed E-state index contributed by atoms with van der Waals surface area (Å²) in [5, 5.41) is 22.0. The molecule has 2 rings (SSSR count). The monoisotopic (exact) mass is 268 g/mol. The number of rotatable bonds is 5. The third-order valence-electron chi connectivity index (χ3n) is 2.99. The van der Waals surface area contributed by atoms with Gasteiger partial charge in [-0.15, -0.1) is 0 Å². The number of anilines is 1. The van der Waals surface area contributed by atoms with E-state index in [9.17, 15) is 5.11 Å². The van der Waals surface area contributed by atoms with Crippen LogP contribution in [-0.4, -0.2) is 18.8 Å². The lowest BCUT2D eigenvalue weighted by atomic mass is 10.1. The van der Waals surface area contributed by atoms with E-state index in [1.54, 1.807) is 31.4 Å². The van der Waals surface area contributed by atoms with Gasteiger partial charge in [-0.2, -0.15) is 5.26 Å². The molecule has 2 aromatic rings. The second-order valence-electron chi connectivity index (χ2n) is 4.36. The average Bonchev–Trinajstić information content (AvgIpc) is 2.53. The Morgan fingerprint density at radius 3 is 2.65 bits per heavy atom. The molecule has 0 saturated carbocycles. The minimum absolute atomic E-state index is 0.388. The van der Waals surface area contributed by atoms with Gasteiger partial charge >= 0.3 is 0 Å². The van der Waals surface area contributed by atoms with E-state index >= 15 is 0 Å². The molecule has 102 valence electrons. The molecule has 0 aliphatic rings. The molecule has 20 heavy (non-hydrogen) atoms. The lowest BCUT2D eigenvalue weighted by Crippen LogP contribution is -2.12. The zero-order chi connectivity index (χ0) is 14.4. The quantitative estimate of drug-likeness (QED) is 0.875. The molecule has 2 aromatic carbocycles. The van der Waals surface area contributed by atoms with Crippen LogP contribution in [0.2, 0.25) is 0 Å². The molecule has 4 heteroatoms. The fourth-order valence-electron chi connectivity index (χ4n) is 1.85. The first-order valence-corrected chi connectivity index (χ1v) is 6.29. The Bertz CT molecular complexity index is 603. The Morgan fingerprint density at radius 2 is 2.00 bits per heavy atom. The zero-order valence-electron chi connectivity index (χ0n) is 11.2. The summed E-state index contributed by atoms with van der Waals surface area (Å²) in [6, 6.07) is 16.5. The van der Waals surface area contributed by atoms with Gasteiger partial charge in [0, 0.05) is 18.3 Å². The van der Waals surface area contributed by atoms with Gasteiger partial charge in [0.15, 0.2) is 0 Å². The topological polar surface area (TPSA) is 65.3 Å². The summed E-state index contributed by atoms with van der Waals surface area (Å²) in [4.78, 5) is 0. The number of hydrogen-bond donors (Lipinski definition) is 2. The van der Waals surface area contributed by atoms with Gasteiger partial charge in [0.25, 0.3) is 0 Å². The summed E-state index contributed by atoms with van der Waals surface area (Å²) in [5.74, 6) is 0.767. The van der Waals surface area contributed by atoms with Gasteiger partial charge in [-0.25, -0.2) is 0 Å². The molecule has 0 fully saturated rings. The molecule has 1 atom stereocenters. The van der Waals surface area contributed by atoms with Crippen molar-refractivity contribution in [1.82, 2.24) is 0 Å². The third-order valence-corrected chi connectivity index (χ3v) is 2.99. The van der Waals surface area contributed by atoms with E-state index in [1.165, 1.54) is 0 Å². The van der Waals surface area contributed by atoms with Crippen LogP contribution in [0.1, 0.15) is 17.2 Å². The van der Waals surface area contributed by atoms with Gasteiger partial charge < -0.3 is 15.2 Å². The largest absolute Gasteiger partial charge is 0.497 e. The molecule has 4 nitrogen and oxygen atoms in total. The molecule has 1 unspecified atom stereocenters. The molecule has 0 saturated heterocycles. The number of nitrogens with zero attached hydrogens (tertiary/aromatic N) is 1. The van der Waals surface area contributed by atoms with E-state index < -0.39 is 6.10 Å². The summed E-state index contributed by atoms with van der Waals surface area (Å²) in [7, 11) is 1.62. The van der Waals surface area contributed by atoms with E-state index in [0.717, 1.165) is 17.0 Å². The van der Waals surface area contributed by atoms with Crippen LogP contribution in [0.5, 0.6) is 5.75 Å². The van der Waals surface area contributed by atoms with Gasteiger partial charge in [0.05, 0.1) is 24.8 Å². The molecule has 0 aromatic heterocycles. The number of benzene rings is 2. The van der Waals surface area contributed by atoms with Crippen LogP contribution < -0.4 is 10.1 Å². The summed E-state index contributed by atoms with van der Waals surface area (Å²) < 4.78 is 5.14. The van der Waals surface area contributed by atoms with Crippen LogP contribution in [0.3, 0.4) is 0 Å². The average molecular weight is 268 g/mol. The lowest BCUT2D eigenvalue weighted by Gasteiger charge is -2.13. The third kappa shape index (κ3) is 3.50. The Labute approximate surface area is 118 Å². The smallest absolute Gasteiger partial charge is 0.120 e. The number of ether oxygens (including phenoxy) is 1. The van der Waals surface area contributed by atoms with E-state index in [4.69, 9.17) is 10.00 Å². The summed E-state index contributed by atoms with van der Waals surface area (Å²) in [6.07, 6.45) is -0.631. The highest BCUT2D eigenvalue weighted by Crippen LogP contribution is 2.19. The predicted molar refractivity (Wildman–Crippen MR) is 77.6 cm³/mol. The van der Waals surface area contributed by atoms with E-state index in [1.807, 2.05) is 24.3 Å². The molecule has 0 amide bonds. The van der Waals surface area contributed by atoms with Crippen LogP contribution in [0.4, 0.5) is 5.69 Å². The van der Waals surface area contributed by atoms with Crippen LogP contribution in [0, 0.1) is 11.3 Å². The first-order valence-electron chi connectivity index (χ1n) is 6.29. The second kappa shape index (κ2) is 6.60. The van der Waals surface area contributed by atoms with Crippen LogP contribution >= 0.6 is 0 Å². The lowest BCUT2D eigenvalue weighted by molar-refractivity contribution is 0.191. The highest BCUT2D eigenvalue weighted by atomic mass is 16.5. The summed E-state index contributed by atoms with van der Waals surface area (Å²) in [6.45, 7) is 0.388. The van der Waals surface area contributed by atoms with E-state index in [-0.39, 0.29) is 0 Å². The van der Waals surface area contributed by atoms with E-state index in [2.05, 4.69) is 11.4 Å². The highest BCUT2D eigenvalue weighted by Gasteiger charge is 2.07. The van der Waals surface area contributed by atoms with Crippen molar-refractivity contribution in [2.45, 2.75) is 6.10 Å². The number of hydrogen-bond acceptors (Lipinski definition) is 4. The van der Waals surface area contributed by atoms with Crippen molar-refractivity contribution in [2.75, 3.05) is 19.0 Å². The SMILES string of the molecule is COc1cccc(NCC(O)c2ccc(C#N)cc2)c1. The van der Waals surface area contributed by atoms with Crippen molar-refractivity contribution in [3.63, 3.8) is 0 Å². The highest BCUT2D eigenvalue weighted by molar-refractivity contribution is 5.48. The maximum atomic E-state index is 10.1. The number of nitriles is 1. The van der Waals surface area contributed by atoms with Gasteiger partial charge in [-0.3, -0.25) is 0 Å². The standard InChI is InChI=1S/C16H16N2O2/c1-20-15-4-2-3-14(9-15)18-11-16(19)13-7-5-12(10-17)6-8-13/h2-9,16,18-19H,11H2,1H3. The van der Waals surface area contributed by atoms with Crippen LogP contribution in [0.15, 0.2) is 48.5 Å². The fourth-order valence-corrected chi connectivity index (χ4v) is 1.85. The fraction of sp³-hybridized carbons (Fsp3) is 0.188. The Hall–Kier alpha value is -2.51. The summed E-state index contributed by atoms with van der Waals surface area (Å²) in [5.41, 5.74) is 2.25. The first kappa shape index (κ1) is 13.9. The number of nitrogens with one attached hydrogen (secondary N) is 1. The molecule has 0 aliphatic carbocycles. The van der Waals surface area contributed by atoms with Gasteiger partial charge in [-0.05, 0) is 29.8 Å². The zero-order valence-corrected chi connectivity index (χ0v) is 11.2. The van der Waals surface area contributed by atoms with Crippen molar-refractivity contribution in [3.05, 3.63) is 59.7 Å². The van der Waals surface area contributed by atoms with Crippen molar-refractivity contribution in [1.29, 1.82) is 5.26 Å². The molecule has 2 N–H and O–H groups in total. The Balaban J connectivity index is 1.97. The maximum absolute atomic E-state index is 10.1. The van der Waals surface area contributed by atoms with Gasteiger partial charge in [-0.1, -0.05) is 18.2 Å². The van der Waals surface area contributed by atoms with Crippen molar-refractivity contribution in [2.24, 2.45) is 0 Å². The Kier molecular flexibility index (Phi) is 4.59. The van der Waals surface area contributed by atoms with Crippen molar-refractivity contribution >= 4 is 5.69 Å². The van der Waals surface area contributed by atoms with Gasteiger partial charge in [0.1, 0.15) is 5.75 Å². The molecule has 0 heterocycles. The molecular formula is C16H16N2O2. The maximum Gasteiger partial charge on any atom is 0.120 e. The number of methoxy groups -OCH3 is 1. The van der Waals surface area contributed by atoms with Crippen molar-refractivity contribution in [3.8, 4) is 11.8 Å². The van der Waals surface area contributed by atoms with Crippen LogP contribution in [-0.2, 0) is 0 Å². The molecule has 0 aliphatic heterocycles. The van der Waals surface area contributed by atoms with Gasteiger partial charge in [0.2, 0.25) is 0 Å². The Morgan fingerprint density at radius 1 is 1.25 bits per heavy atom. The molecule has 0 bridgehead atoms. The second-order valence-corrected chi connectivity index (χ2v) is 4.36. The predicted octanol–water partition coefficient (Wildman–Crippen LogP) is 2.71. The van der Waals surface area contributed by atoms with E-state index in [0.29, 0.717) is 12.1 Å². The molecule has 0 spiro atoms. The number of aliphatic hydroxyl groups excluding tert-OH is 1. The molecular weight excluding hydrogens is 252 g/mol.